The van der Waals surface area contributed by atoms with E-state index < -0.39 is 0 Å². The lowest BCUT2D eigenvalue weighted by molar-refractivity contribution is 0.915. The average molecular weight is 617 g/mol. The normalized spacial score (nSPS) is 12.8. The molecular formula is C44H32N4. The molecule has 0 saturated heterocycles. The maximum absolute atomic E-state index is 9.27. The number of benzene rings is 6. The molecule has 4 bridgehead atoms. The first kappa shape index (κ1) is 28.1. The van der Waals surface area contributed by atoms with Crippen LogP contribution in [-0.4, -0.2) is 9.13 Å². The first-order chi connectivity index (χ1) is 23.5. The fraction of sp³-hybridized carbons (Fsp3) is 0.136. The number of nitrogens with zero attached hydrogens (tertiary/aromatic N) is 4. The highest BCUT2D eigenvalue weighted by atomic mass is 14.9. The van der Waals surface area contributed by atoms with Gasteiger partial charge in [0.15, 0.2) is 0 Å². The molecule has 2 heterocycles. The van der Waals surface area contributed by atoms with Crippen molar-refractivity contribution >= 4 is 43.6 Å². The minimum atomic E-state index is 0.679. The molecule has 0 aliphatic heterocycles. The number of hydrogen-bond acceptors (Lipinski definition) is 2. The van der Waals surface area contributed by atoms with E-state index in [1.165, 1.54) is 65.9 Å². The molecule has 2 aliphatic carbocycles. The lowest BCUT2D eigenvalue weighted by Gasteiger charge is -2.15. The molecule has 48 heavy (non-hydrogen) atoms. The second kappa shape index (κ2) is 10.7. The van der Waals surface area contributed by atoms with Crippen LogP contribution in [0.5, 0.6) is 0 Å². The number of aryl methyl sites for hydroxylation is 6. The zero-order valence-electron chi connectivity index (χ0n) is 27.0. The van der Waals surface area contributed by atoms with Crippen molar-refractivity contribution in [2.24, 2.45) is 14.1 Å². The standard InChI is InChI=1S/C44H32N4/c1-47-39-23-35(29-7-3-27(25-45)4-8-29)19-21-37(39)41-31-11-12-32-14-16-34(18-17-33(15-13-31)43(41)47)44-42(32)38-22-20-36(24-40(38)48(44)2)30-9-5-28(26-46)6-10-30/h3-10,13-16,19-24H,11-12,17-18H2,1-2H3. The van der Waals surface area contributed by atoms with Gasteiger partial charge in [-0.2, -0.15) is 10.5 Å². The van der Waals surface area contributed by atoms with Crippen LogP contribution in [0, 0.1) is 22.7 Å². The van der Waals surface area contributed by atoms with Gasteiger partial charge in [-0.1, -0.05) is 72.8 Å². The molecule has 2 aliphatic rings. The van der Waals surface area contributed by atoms with E-state index in [1.54, 1.807) is 0 Å². The minimum absolute atomic E-state index is 0.679. The molecular weight excluding hydrogens is 585 g/mol. The molecule has 0 saturated carbocycles. The van der Waals surface area contributed by atoms with Crippen molar-refractivity contribution in [3.05, 3.63) is 143 Å². The third-order valence-electron chi connectivity index (χ3n) is 10.6. The van der Waals surface area contributed by atoms with Crippen molar-refractivity contribution in [1.29, 1.82) is 10.5 Å². The van der Waals surface area contributed by atoms with Crippen LogP contribution in [0.25, 0.3) is 65.9 Å². The summed E-state index contributed by atoms with van der Waals surface area (Å²) in [5.74, 6) is 0. The van der Waals surface area contributed by atoms with Gasteiger partial charge >= 0.3 is 0 Å². The predicted molar refractivity (Wildman–Crippen MR) is 196 cm³/mol. The smallest absolute Gasteiger partial charge is 0.0991 e. The van der Waals surface area contributed by atoms with E-state index in [4.69, 9.17) is 0 Å². The van der Waals surface area contributed by atoms with Crippen LogP contribution in [0.2, 0.25) is 0 Å². The van der Waals surface area contributed by atoms with E-state index in [2.05, 4.69) is 96.0 Å². The molecule has 0 radical (unpaired) electrons. The third-order valence-corrected chi connectivity index (χ3v) is 10.6. The highest BCUT2D eigenvalue weighted by Crippen LogP contribution is 2.40. The number of nitriles is 2. The Balaban J connectivity index is 1.18. The Morgan fingerprint density at radius 1 is 0.438 bits per heavy atom. The molecule has 0 atom stereocenters. The monoisotopic (exact) mass is 616 g/mol. The van der Waals surface area contributed by atoms with Gasteiger partial charge in [0.1, 0.15) is 0 Å². The number of fused-ring (bicyclic) bond motifs is 7. The highest BCUT2D eigenvalue weighted by molar-refractivity contribution is 6.13. The van der Waals surface area contributed by atoms with Crippen LogP contribution in [0.1, 0.15) is 33.4 Å². The van der Waals surface area contributed by atoms with Crippen LogP contribution >= 0.6 is 0 Å². The van der Waals surface area contributed by atoms with Gasteiger partial charge in [-0.15, -0.1) is 0 Å². The summed E-state index contributed by atoms with van der Waals surface area (Å²) in [6.07, 6.45) is 3.83. The maximum Gasteiger partial charge on any atom is 0.0991 e. The number of hydrogen-bond donors (Lipinski definition) is 0. The van der Waals surface area contributed by atoms with Crippen LogP contribution in [-0.2, 0) is 39.8 Å². The molecule has 0 spiro atoms. The Morgan fingerprint density at radius 2 is 0.792 bits per heavy atom. The summed E-state index contributed by atoms with van der Waals surface area (Å²) in [4.78, 5) is 0. The summed E-state index contributed by atoms with van der Waals surface area (Å²) in [5, 5.41) is 23.9. The molecule has 4 nitrogen and oxygen atoms in total. The fourth-order valence-corrected chi connectivity index (χ4v) is 8.19. The molecule has 0 unspecified atom stereocenters. The molecule has 228 valence electrons. The van der Waals surface area contributed by atoms with Gasteiger partial charge in [0.25, 0.3) is 0 Å². The molecule has 0 N–H and O–H groups in total. The Morgan fingerprint density at radius 3 is 1.19 bits per heavy atom. The summed E-state index contributed by atoms with van der Waals surface area (Å²) in [6.45, 7) is 0. The lowest BCUT2D eigenvalue weighted by Crippen LogP contribution is -2.03. The van der Waals surface area contributed by atoms with Crippen LogP contribution in [0.4, 0.5) is 0 Å². The minimum Gasteiger partial charge on any atom is -0.343 e. The maximum atomic E-state index is 9.27. The van der Waals surface area contributed by atoms with Gasteiger partial charge in [0, 0.05) is 46.7 Å². The number of rotatable bonds is 2. The Labute approximate surface area is 279 Å². The van der Waals surface area contributed by atoms with Gasteiger partial charge in [0.2, 0.25) is 0 Å². The van der Waals surface area contributed by atoms with Crippen LogP contribution < -0.4 is 0 Å². The molecule has 8 aromatic rings. The van der Waals surface area contributed by atoms with Crippen molar-refractivity contribution in [2.75, 3.05) is 0 Å². The van der Waals surface area contributed by atoms with Crippen LogP contribution in [0.15, 0.2) is 109 Å². The lowest BCUT2D eigenvalue weighted by atomic mass is 9.90. The molecule has 4 heteroatoms. The Bertz CT molecular complexity index is 2500. The second-order valence-electron chi connectivity index (χ2n) is 13.2. The second-order valence-corrected chi connectivity index (χ2v) is 13.2. The molecule has 2 aromatic heterocycles. The molecule has 6 aromatic carbocycles. The van der Waals surface area contributed by atoms with Crippen LogP contribution in [0.3, 0.4) is 0 Å². The summed E-state index contributed by atoms with van der Waals surface area (Å²) in [5.41, 5.74) is 16.6. The summed E-state index contributed by atoms with van der Waals surface area (Å²) >= 11 is 0. The summed E-state index contributed by atoms with van der Waals surface area (Å²) < 4.78 is 4.81. The predicted octanol–water partition coefficient (Wildman–Crippen LogP) is 9.94. The third kappa shape index (κ3) is 4.20. The van der Waals surface area contributed by atoms with Crippen molar-refractivity contribution in [3.63, 3.8) is 0 Å². The fourth-order valence-electron chi connectivity index (χ4n) is 8.19. The van der Waals surface area contributed by atoms with E-state index >= 15 is 0 Å². The zero-order chi connectivity index (χ0) is 32.5. The largest absolute Gasteiger partial charge is 0.343 e. The van der Waals surface area contributed by atoms with Gasteiger partial charge < -0.3 is 9.13 Å². The van der Waals surface area contributed by atoms with E-state index in [0.717, 1.165) is 47.9 Å². The van der Waals surface area contributed by atoms with Gasteiger partial charge in [-0.3, -0.25) is 0 Å². The number of aromatic nitrogens is 2. The van der Waals surface area contributed by atoms with Gasteiger partial charge in [-0.05, 0) is 107 Å². The Kier molecular flexibility index (Phi) is 6.29. The van der Waals surface area contributed by atoms with Gasteiger partial charge in [0.05, 0.1) is 34.3 Å². The first-order valence-corrected chi connectivity index (χ1v) is 16.6. The van der Waals surface area contributed by atoms with Gasteiger partial charge in [-0.25, -0.2) is 0 Å². The summed E-state index contributed by atoms with van der Waals surface area (Å²) in [7, 11) is 4.43. The van der Waals surface area contributed by atoms with Crippen molar-refractivity contribution < 1.29 is 0 Å². The van der Waals surface area contributed by atoms with E-state index in [9.17, 15) is 10.5 Å². The van der Waals surface area contributed by atoms with E-state index in [1.807, 2.05) is 48.5 Å². The topological polar surface area (TPSA) is 57.4 Å². The zero-order valence-corrected chi connectivity index (χ0v) is 27.0. The highest BCUT2D eigenvalue weighted by Gasteiger charge is 2.21. The van der Waals surface area contributed by atoms with E-state index in [0.29, 0.717) is 11.1 Å². The van der Waals surface area contributed by atoms with Crippen molar-refractivity contribution in [1.82, 2.24) is 9.13 Å². The van der Waals surface area contributed by atoms with Crippen molar-refractivity contribution in [2.45, 2.75) is 25.7 Å². The SMILES string of the molecule is Cn1c2cc(-c3ccc(C#N)cc3)ccc2c2c3ccc(c21)CCc1ccc(c2c4ccc(-c5ccc(C#N)cc5)cc4n(C)c12)CC3. The quantitative estimate of drug-likeness (QED) is 0.194. The summed E-state index contributed by atoms with van der Waals surface area (Å²) in [6, 6.07) is 43.4. The average Bonchev–Trinajstić information content (AvgIpc) is 3.60. The first-order valence-electron chi connectivity index (χ1n) is 16.6. The van der Waals surface area contributed by atoms with Crippen molar-refractivity contribution in [3.8, 4) is 34.4 Å². The molecule has 0 amide bonds. The molecule has 0 fully saturated rings. The molecule has 10 rings (SSSR count). The Hall–Kier alpha value is -6.10. The van der Waals surface area contributed by atoms with E-state index in [-0.39, 0.29) is 0 Å².